The molecule has 2 rings (SSSR count). The van der Waals surface area contributed by atoms with Crippen LogP contribution in [0.25, 0.3) is 0 Å². The second kappa shape index (κ2) is 5.40. The Morgan fingerprint density at radius 3 is 2.95 bits per heavy atom. The van der Waals surface area contributed by atoms with Gasteiger partial charge in [0.25, 0.3) is 0 Å². The van der Waals surface area contributed by atoms with E-state index >= 15 is 0 Å². The van der Waals surface area contributed by atoms with Crippen molar-refractivity contribution in [1.82, 2.24) is 9.55 Å². The van der Waals surface area contributed by atoms with Crippen LogP contribution >= 0.6 is 7.82 Å². The summed E-state index contributed by atoms with van der Waals surface area (Å²) in [6.45, 7) is -0.224. The molecule has 1 fully saturated rings. The molecular weight excluding hydrogens is 277 g/mol. The fourth-order valence-corrected chi connectivity index (χ4v) is 2.20. The van der Waals surface area contributed by atoms with Crippen molar-refractivity contribution in [2.75, 3.05) is 12.3 Å². The first-order valence-electron chi connectivity index (χ1n) is 5.55. The molecule has 1 aliphatic heterocycles. The SMILES string of the molecule is Nc1ccn([C@H]2CC[C@@H](COP(=O)(O)O)O2)c(=O)n1. The number of aromatic nitrogens is 2. The van der Waals surface area contributed by atoms with Crippen molar-refractivity contribution in [3.05, 3.63) is 22.7 Å². The van der Waals surface area contributed by atoms with Gasteiger partial charge in [0, 0.05) is 6.20 Å². The Hall–Kier alpha value is -1.25. The summed E-state index contributed by atoms with van der Waals surface area (Å²) in [6, 6.07) is 1.48. The van der Waals surface area contributed by atoms with Crippen molar-refractivity contribution in [2.24, 2.45) is 0 Å². The van der Waals surface area contributed by atoms with Gasteiger partial charge in [-0.3, -0.25) is 9.09 Å². The predicted octanol–water partition coefficient (Wildman–Crippen LogP) is -0.388. The molecule has 1 saturated heterocycles. The third-order valence-electron chi connectivity index (χ3n) is 2.68. The molecule has 1 aromatic rings. The van der Waals surface area contributed by atoms with Crippen LogP contribution in [-0.4, -0.2) is 32.0 Å². The Kier molecular flexibility index (Phi) is 4.02. The molecule has 0 saturated carbocycles. The summed E-state index contributed by atoms with van der Waals surface area (Å²) in [4.78, 5) is 32.3. The maximum atomic E-state index is 11.6. The third kappa shape index (κ3) is 3.85. The maximum Gasteiger partial charge on any atom is 0.469 e. The van der Waals surface area contributed by atoms with Crippen molar-refractivity contribution < 1.29 is 23.6 Å². The summed E-state index contributed by atoms with van der Waals surface area (Å²) >= 11 is 0. The van der Waals surface area contributed by atoms with E-state index in [9.17, 15) is 9.36 Å². The molecule has 2 atom stereocenters. The van der Waals surface area contributed by atoms with E-state index in [0.717, 1.165) is 0 Å². The van der Waals surface area contributed by atoms with Crippen LogP contribution in [0, 0.1) is 0 Å². The van der Waals surface area contributed by atoms with Crippen molar-refractivity contribution in [3.63, 3.8) is 0 Å². The van der Waals surface area contributed by atoms with E-state index in [1.165, 1.54) is 16.8 Å². The summed E-state index contributed by atoms with van der Waals surface area (Å²) in [5, 5.41) is 0. The zero-order valence-electron chi connectivity index (χ0n) is 9.88. The molecule has 19 heavy (non-hydrogen) atoms. The van der Waals surface area contributed by atoms with E-state index in [1.807, 2.05) is 0 Å². The van der Waals surface area contributed by atoms with E-state index in [-0.39, 0.29) is 12.4 Å². The molecule has 106 valence electrons. The molecule has 0 spiro atoms. The average Bonchev–Trinajstić information content (AvgIpc) is 2.74. The second-order valence-electron chi connectivity index (χ2n) is 4.12. The Morgan fingerprint density at radius 1 is 1.58 bits per heavy atom. The van der Waals surface area contributed by atoms with Crippen molar-refractivity contribution in [1.29, 1.82) is 0 Å². The number of hydrogen-bond donors (Lipinski definition) is 3. The van der Waals surface area contributed by atoms with Gasteiger partial charge in [-0.2, -0.15) is 4.98 Å². The van der Waals surface area contributed by atoms with Gasteiger partial charge in [-0.1, -0.05) is 0 Å². The highest BCUT2D eigenvalue weighted by Gasteiger charge is 2.29. The van der Waals surface area contributed by atoms with Gasteiger partial charge in [0.05, 0.1) is 12.7 Å². The first-order valence-corrected chi connectivity index (χ1v) is 7.08. The van der Waals surface area contributed by atoms with E-state index in [0.29, 0.717) is 12.8 Å². The Labute approximate surface area is 108 Å². The zero-order chi connectivity index (χ0) is 14.0. The van der Waals surface area contributed by atoms with Crippen LogP contribution in [0.4, 0.5) is 5.82 Å². The minimum Gasteiger partial charge on any atom is -0.383 e. The summed E-state index contributed by atoms with van der Waals surface area (Å²) < 4.78 is 21.7. The number of phosphoric ester groups is 1. The van der Waals surface area contributed by atoms with Crippen LogP contribution in [0.15, 0.2) is 17.1 Å². The summed E-state index contributed by atoms with van der Waals surface area (Å²) in [7, 11) is -4.50. The van der Waals surface area contributed by atoms with E-state index in [1.54, 1.807) is 0 Å². The quantitative estimate of drug-likeness (QED) is 0.638. The maximum absolute atomic E-state index is 11.6. The Bertz CT molecular complexity index is 555. The number of nitrogen functional groups attached to an aromatic ring is 1. The van der Waals surface area contributed by atoms with Gasteiger partial charge in [0.1, 0.15) is 12.0 Å². The topological polar surface area (TPSA) is 137 Å². The smallest absolute Gasteiger partial charge is 0.383 e. The predicted molar refractivity (Wildman–Crippen MR) is 64.0 cm³/mol. The molecular formula is C9H14N3O6P. The third-order valence-corrected chi connectivity index (χ3v) is 3.16. The molecule has 0 amide bonds. The number of ether oxygens (including phenoxy) is 1. The standard InChI is InChI=1S/C9H14N3O6P/c10-7-3-4-12(9(13)11-7)8-2-1-6(18-8)5-17-19(14,15)16/h3-4,6,8H,1-2,5H2,(H2,10,11,13)(H2,14,15,16)/t6-,8+/m0/s1. The minimum atomic E-state index is -4.50. The molecule has 0 aliphatic carbocycles. The van der Waals surface area contributed by atoms with Gasteiger partial charge in [-0.05, 0) is 18.9 Å². The monoisotopic (exact) mass is 291 g/mol. The summed E-state index contributed by atoms with van der Waals surface area (Å²) in [6.07, 6.45) is 1.54. The minimum absolute atomic E-state index is 0.126. The number of hydrogen-bond acceptors (Lipinski definition) is 6. The second-order valence-corrected chi connectivity index (χ2v) is 5.36. The molecule has 0 radical (unpaired) electrons. The van der Waals surface area contributed by atoms with Gasteiger partial charge < -0.3 is 20.3 Å². The summed E-state index contributed by atoms with van der Waals surface area (Å²) in [5.41, 5.74) is 4.85. The normalized spacial score (nSPS) is 23.7. The van der Waals surface area contributed by atoms with Crippen molar-refractivity contribution in [2.45, 2.75) is 25.2 Å². The van der Waals surface area contributed by atoms with Crippen LogP contribution in [-0.2, 0) is 13.8 Å². The molecule has 2 heterocycles. The molecule has 10 heteroatoms. The lowest BCUT2D eigenvalue weighted by Gasteiger charge is -2.15. The molecule has 1 aliphatic rings. The van der Waals surface area contributed by atoms with Gasteiger partial charge in [0.2, 0.25) is 0 Å². The number of nitrogens with zero attached hydrogens (tertiary/aromatic N) is 2. The number of nitrogens with two attached hydrogens (primary N) is 1. The molecule has 0 unspecified atom stereocenters. The van der Waals surface area contributed by atoms with Gasteiger partial charge in [-0.25, -0.2) is 9.36 Å². The van der Waals surface area contributed by atoms with Crippen LogP contribution in [0.1, 0.15) is 19.1 Å². The van der Waals surface area contributed by atoms with Crippen LogP contribution in [0.3, 0.4) is 0 Å². The average molecular weight is 291 g/mol. The largest absolute Gasteiger partial charge is 0.469 e. The number of rotatable bonds is 4. The van der Waals surface area contributed by atoms with E-state index < -0.39 is 25.8 Å². The number of anilines is 1. The molecule has 0 bridgehead atoms. The summed E-state index contributed by atoms with van der Waals surface area (Å²) in [5.74, 6) is 0.126. The van der Waals surface area contributed by atoms with Crippen LogP contribution in [0.5, 0.6) is 0 Å². The first kappa shape index (κ1) is 14.2. The lowest BCUT2D eigenvalue weighted by molar-refractivity contribution is -0.0242. The highest BCUT2D eigenvalue weighted by Crippen LogP contribution is 2.37. The van der Waals surface area contributed by atoms with Gasteiger partial charge in [-0.15, -0.1) is 0 Å². The van der Waals surface area contributed by atoms with Crippen molar-refractivity contribution >= 4 is 13.6 Å². The van der Waals surface area contributed by atoms with Crippen molar-refractivity contribution in [3.8, 4) is 0 Å². The molecule has 0 aromatic carbocycles. The van der Waals surface area contributed by atoms with E-state index in [4.69, 9.17) is 20.3 Å². The van der Waals surface area contributed by atoms with Gasteiger partial charge in [0.15, 0.2) is 0 Å². The number of phosphoric acid groups is 1. The first-order chi connectivity index (χ1) is 8.85. The fraction of sp³-hybridized carbons (Fsp3) is 0.556. The highest BCUT2D eigenvalue weighted by atomic mass is 31.2. The van der Waals surface area contributed by atoms with Gasteiger partial charge >= 0.3 is 13.5 Å². The lowest BCUT2D eigenvalue weighted by Crippen LogP contribution is -2.27. The highest BCUT2D eigenvalue weighted by molar-refractivity contribution is 7.46. The molecule has 4 N–H and O–H groups in total. The molecule has 1 aromatic heterocycles. The van der Waals surface area contributed by atoms with Crippen LogP contribution < -0.4 is 11.4 Å². The fourth-order valence-electron chi connectivity index (χ4n) is 1.84. The molecule has 9 nitrogen and oxygen atoms in total. The zero-order valence-corrected chi connectivity index (χ0v) is 10.8. The van der Waals surface area contributed by atoms with Crippen LogP contribution in [0.2, 0.25) is 0 Å². The Morgan fingerprint density at radius 2 is 2.32 bits per heavy atom. The Balaban J connectivity index is 1.98. The lowest BCUT2D eigenvalue weighted by atomic mass is 10.2. The van der Waals surface area contributed by atoms with E-state index in [2.05, 4.69) is 9.51 Å².